The molecule has 9 rings (SSSR count). The third-order valence-corrected chi connectivity index (χ3v) is 13.4. The number of anilines is 3. The van der Waals surface area contributed by atoms with Gasteiger partial charge in [-0.25, -0.2) is 0 Å². The summed E-state index contributed by atoms with van der Waals surface area (Å²) >= 11 is 3.78. The topological polar surface area (TPSA) is 201 Å². The van der Waals surface area contributed by atoms with E-state index >= 15 is 0 Å². The fourth-order valence-corrected chi connectivity index (χ4v) is 10.4. The van der Waals surface area contributed by atoms with Gasteiger partial charge in [0.05, 0.1) is 64.2 Å². The summed E-state index contributed by atoms with van der Waals surface area (Å²) in [5, 5.41) is 57.4. The summed E-state index contributed by atoms with van der Waals surface area (Å²) in [4.78, 5) is 5.41. The molecule has 0 aliphatic carbocycles. The van der Waals surface area contributed by atoms with E-state index in [0.717, 1.165) is 52.0 Å². The van der Waals surface area contributed by atoms with E-state index in [9.17, 15) is 31.6 Å². The lowest BCUT2D eigenvalue weighted by atomic mass is 10.1. The molecule has 0 unspecified atom stereocenters. The summed E-state index contributed by atoms with van der Waals surface area (Å²) in [6.45, 7) is 11.4. The number of ether oxygens (including phenoxy) is 6. The van der Waals surface area contributed by atoms with Crippen LogP contribution < -0.4 is 33.3 Å². The van der Waals surface area contributed by atoms with E-state index in [2.05, 4.69) is 37.9 Å². The van der Waals surface area contributed by atoms with Crippen molar-refractivity contribution in [1.82, 2.24) is 0 Å². The second-order valence-corrected chi connectivity index (χ2v) is 16.4. The maximum atomic E-state index is 9.81. The first kappa shape index (κ1) is 40.2. The van der Waals surface area contributed by atoms with Gasteiger partial charge in [-0.05, 0) is 72.8 Å². The first-order valence-corrected chi connectivity index (χ1v) is 20.9. The Hall–Kier alpha value is -9.26. The predicted molar refractivity (Wildman–Crippen MR) is 240 cm³/mol. The molecule has 0 fully saturated rings. The van der Waals surface area contributed by atoms with E-state index in [1.54, 1.807) is 0 Å². The molecule has 6 aromatic rings. The van der Waals surface area contributed by atoms with Gasteiger partial charge in [0.1, 0.15) is 18.2 Å². The zero-order valence-corrected chi connectivity index (χ0v) is 35.0. The van der Waals surface area contributed by atoms with Crippen LogP contribution in [0.2, 0.25) is 0 Å². The molecule has 0 N–H and O–H groups in total. The van der Waals surface area contributed by atoms with Crippen LogP contribution in [-0.4, -0.2) is 0 Å². The van der Waals surface area contributed by atoms with Crippen LogP contribution in [0.1, 0.15) is 14.6 Å². The quantitative estimate of drug-likeness (QED) is 0.124. The number of allylic oxidation sites excluding steroid dienone is 6. The molecule has 0 atom stereocenters. The first-order valence-electron chi connectivity index (χ1n) is 18.4. The lowest BCUT2D eigenvalue weighted by molar-refractivity contribution is 0.290. The van der Waals surface area contributed by atoms with Crippen molar-refractivity contribution in [2.45, 2.75) is 0 Å². The Morgan fingerprint density at radius 2 is 0.656 bits per heavy atom. The number of benzene rings is 3. The number of hydrogen-bond donors (Lipinski definition) is 0. The summed E-state index contributed by atoms with van der Waals surface area (Å²) in [6, 6.07) is 35.0. The highest BCUT2D eigenvalue weighted by atomic mass is 32.1. The highest BCUT2D eigenvalue weighted by Crippen LogP contribution is 2.57. The van der Waals surface area contributed by atoms with Crippen molar-refractivity contribution in [3.63, 3.8) is 0 Å². The minimum atomic E-state index is 0.0537. The molecule has 6 heterocycles. The number of hydrogen-bond acceptors (Lipinski definition) is 16. The molecular formula is C48H21N7O6S3. The van der Waals surface area contributed by atoms with Crippen LogP contribution in [0.15, 0.2) is 129 Å². The number of nitriles is 6. The molecular weight excluding hydrogens is 867 g/mol. The van der Waals surface area contributed by atoms with Gasteiger partial charge in [-0.15, -0.1) is 34.0 Å². The monoisotopic (exact) mass is 887 g/mol. The summed E-state index contributed by atoms with van der Waals surface area (Å²) in [6.07, 6.45) is 3.48. The molecule has 64 heavy (non-hydrogen) atoms. The van der Waals surface area contributed by atoms with Crippen LogP contribution in [0.3, 0.4) is 0 Å². The Morgan fingerprint density at radius 3 is 0.891 bits per heavy atom. The van der Waals surface area contributed by atoms with Gasteiger partial charge in [0.15, 0.2) is 34.5 Å². The van der Waals surface area contributed by atoms with Crippen molar-refractivity contribution < 1.29 is 28.4 Å². The number of fused-ring (bicyclic) bond motifs is 3. The summed E-state index contributed by atoms with van der Waals surface area (Å²) in [7, 11) is 0. The van der Waals surface area contributed by atoms with Gasteiger partial charge >= 0.3 is 0 Å². The molecule has 0 saturated carbocycles. The molecule has 3 aromatic carbocycles. The van der Waals surface area contributed by atoms with Gasteiger partial charge in [0, 0.05) is 35.3 Å². The van der Waals surface area contributed by atoms with Crippen molar-refractivity contribution in [3.05, 3.63) is 143 Å². The molecule has 13 nitrogen and oxygen atoms in total. The Balaban J connectivity index is 1.13. The highest BCUT2D eigenvalue weighted by Gasteiger charge is 2.34. The zero-order valence-electron chi connectivity index (χ0n) is 32.6. The molecule has 3 aliphatic heterocycles. The maximum Gasteiger partial charge on any atom is 0.283 e. The fourth-order valence-electron chi connectivity index (χ4n) is 6.98. The third kappa shape index (κ3) is 6.83. The second-order valence-electron chi connectivity index (χ2n) is 13.4. The molecule has 16 heteroatoms. The Kier molecular flexibility index (Phi) is 10.2. The summed E-state index contributed by atoms with van der Waals surface area (Å²) in [5.74, 6) is 2.33. The average molecular weight is 888 g/mol. The van der Waals surface area contributed by atoms with E-state index in [0.29, 0.717) is 63.8 Å². The molecule has 0 spiro atoms. The molecule has 3 aromatic heterocycles. The van der Waals surface area contributed by atoms with E-state index in [-0.39, 0.29) is 34.6 Å². The lowest BCUT2D eigenvalue weighted by Gasteiger charge is -2.26. The molecule has 302 valence electrons. The van der Waals surface area contributed by atoms with E-state index in [1.807, 2.05) is 95.9 Å². The smallest absolute Gasteiger partial charge is 0.283 e. The van der Waals surface area contributed by atoms with Gasteiger partial charge in [-0.2, -0.15) is 31.6 Å². The van der Waals surface area contributed by atoms with Crippen LogP contribution in [0.25, 0.3) is 48.0 Å². The molecule has 3 aliphatic rings. The van der Waals surface area contributed by atoms with Crippen molar-refractivity contribution in [1.29, 1.82) is 31.6 Å². The minimum absolute atomic E-state index is 0.0537. The van der Waals surface area contributed by atoms with Gasteiger partial charge < -0.3 is 33.3 Å². The van der Waals surface area contributed by atoms with Gasteiger partial charge in [-0.1, -0.05) is 36.4 Å². The van der Waals surface area contributed by atoms with Crippen LogP contribution in [0.5, 0.6) is 34.5 Å². The molecule has 0 amide bonds. The Morgan fingerprint density at radius 1 is 0.406 bits per heavy atom. The van der Waals surface area contributed by atoms with Gasteiger partial charge in [0.2, 0.25) is 0 Å². The molecule has 0 saturated heterocycles. The summed E-state index contributed by atoms with van der Waals surface area (Å²) in [5.41, 5.74) is 4.98. The Bertz CT molecular complexity index is 3040. The highest BCUT2D eigenvalue weighted by molar-refractivity contribution is 7.18. The summed E-state index contributed by atoms with van der Waals surface area (Å²) < 4.78 is 34.8. The van der Waals surface area contributed by atoms with E-state index in [4.69, 9.17) is 28.4 Å². The first-order chi connectivity index (χ1) is 31.2. The largest absolute Gasteiger partial charge is 0.421 e. The van der Waals surface area contributed by atoms with Crippen molar-refractivity contribution >= 4 is 67.8 Å². The second kappa shape index (κ2) is 16.3. The van der Waals surface area contributed by atoms with E-state index in [1.165, 1.54) is 34.0 Å². The van der Waals surface area contributed by atoms with Crippen molar-refractivity contribution in [3.8, 4) is 102 Å². The zero-order chi connectivity index (χ0) is 44.6. The average Bonchev–Trinajstić information content (AvgIpc) is 4.16. The fraction of sp³-hybridized carbons (Fsp3) is 0. The molecule has 0 radical (unpaired) electrons. The Labute approximate surface area is 376 Å². The standard InChI is InChI=1S/C48H21N7O6S3/c1-25-56-37-40(59-25)46(31(22-52)16-19-49)62-43(37)28-4-10-34(11-5-28)55(35-12-6-29(7-13-35)44-38-41(60-26(2)57-38)47(63-44)32(23-53)17-20-50)36-14-8-30(9-15-36)45-39-42(61-27(3)58-39)48(64-45)33(24-54)18-21-51/h4-18H,1-3H2/b31-16+,32-17+,33-18+. The number of nitrogens with zero attached hydrogens (tertiary/aromatic N) is 7. The number of rotatable bonds is 9. The maximum absolute atomic E-state index is 9.81. The van der Waals surface area contributed by atoms with Crippen LogP contribution in [0.4, 0.5) is 17.1 Å². The number of thiophene rings is 3. The van der Waals surface area contributed by atoms with Gasteiger partial charge in [-0.3, -0.25) is 0 Å². The predicted octanol–water partition coefficient (Wildman–Crippen LogP) is 12.4. The van der Waals surface area contributed by atoms with Crippen LogP contribution in [-0.2, 0) is 0 Å². The van der Waals surface area contributed by atoms with Crippen LogP contribution >= 0.6 is 34.0 Å². The minimum Gasteiger partial charge on any atom is -0.421 e. The SMILES string of the molecule is C=C1Oc2c(/C(C#N)=C/C#N)sc(-c3ccc(N(c4ccc(-c5sc(/C(C#N)=C/C#N)c6c5OC(=C)O6)cc4)c4ccc(-c5sc(/C(C#N)=C/C#N)c6c5OC(=C)O6)cc4)cc3)c2O1. The van der Waals surface area contributed by atoms with Crippen LogP contribution in [0, 0.1) is 68.0 Å². The third-order valence-electron chi connectivity index (χ3n) is 9.65. The lowest BCUT2D eigenvalue weighted by Crippen LogP contribution is -2.09. The molecule has 0 bridgehead atoms. The van der Waals surface area contributed by atoms with Gasteiger partial charge in [0.25, 0.3) is 17.8 Å². The van der Waals surface area contributed by atoms with Crippen molar-refractivity contribution in [2.75, 3.05) is 4.90 Å². The van der Waals surface area contributed by atoms with E-state index < -0.39 is 0 Å². The normalized spacial score (nSPS) is 13.4. The van der Waals surface area contributed by atoms with Crippen molar-refractivity contribution in [2.24, 2.45) is 0 Å².